The van der Waals surface area contributed by atoms with E-state index in [4.69, 9.17) is 0 Å². The van der Waals surface area contributed by atoms with Gasteiger partial charge < -0.3 is 0 Å². The lowest BCUT2D eigenvalue weighted by molar-refractivity contribution is -0.0456. The Hall–Kier alpha value is -0.440. The molecule has 1 unspecified atom stereocenters. The Morgan fingerprint density at radius 2 is 1.78 bits per heavy atom. The van der Waals surface area contributed by atoms with Crippen molar-refractivity contribution in [2.24, 2.45) is 5.92 Å². The molecule has 18 heavy (non-hydrogen) atoms. The van der Waals surface area contributed by atoms with Crippen molar-refractivity contribution in [3.63, 3.8) is 0 Å². The lowest BCUT2D eigenvalue weighted by atomic mass is 9.83. The lowest BCUT2D eigenvalue weighted by Gasteiger charge is -2.31. The van der Waals surface area contributed by atoms with E-state index in [-0.39, 0.29) is 12.8 Å². The first-order chi connectivity index (χ1) is 8.46. The van der Waals surface area contributed by atoms with Crippen molar-refractivity contribution in [3.05, 3.63) is 35.4 Å². The zero-order valence-electron chi connectivity index (χ0n) is 10.6. The van der Waals surface area contributed by atoms with Crippen LogP contribution in [0.2, 0.25) is 0 Å². The van der Waals surface area contributed by atoms with Crippen LogP contribution in [0.5, 0.6) is 0 Å². The summed E-state index contributed by atoms with van der Waals surface area (Å²) in [6, 6.07) is 8.45. The molecule has 0 bridgehead atoms. The van der Waals surface area contributed by atoms with Crippen LogP contribution in [0.25, 0.3) is 0 Å². The molecule has 1 atom stereocenters. The van der Waals surface area contributed by atoms with Gasteiger partial charge in [-0.15, -0.1) is 0 Å². The van der Waals surface area contributed by atoms with Crippen molar-refractivity contribution >= 4 is 15.9 Å². The molecule has 0 nitrogen and oxygen atoms in total. The van der Waals surface area contributed by atoms with E-state index in [1.807, 2.05) is 0 Å². The van der Waals surface area contributed by atoms with Crippen LogP contribution in [0, 0.1) is 12.8 Å². The molecule has 0 heterocycles. The van der Waals surface area contributed by atoms with Crippen LogP contribution in [-0.4, -0.2) is 10.7 Å². The molecule has 1 fully saturated rings. The number of rotatable bonds is 3. The van der Waals surface area contributed by atoms with Crippen molar-refractivity contribution in [1.82, 2.24) is 0 Å². The Morgan fingerprint density at radius 3 is 2.33 bits per heavy atom. The van der Waals surface area contributed by atoms with Crippen LogP contribution in [0.3, 0.4) is 0 Å². The molecule has 0 N–H and O–H groups in total. The second kappa shape index (κ2) is 5.68. The summed E-state index contributed by atoms with van der Waals surface area (Å²) in [5, 5.41) is 0. The number of hydrogen-bond donors (Lipinski definition) is 0. The average molecular weight is 317 g/mol. The van der Waals surface area contributed by atoms with Gasteiger partial charge in [-0.05, 0) is 37.7 Å². The fourth-order valence-electron chi connectivity index (χ4n) is 2.54. The lowest BCUT2D eigenvalue weighted by Crippen LogP contribution is -2.29. The van der Waals surface area contributed by atoms with E-state index < -0.39 is 5.92 Å². The van der Waals surface area contributed by atoms with Gasteiger partial charge in [0.2, 0.25) is 5.92 Å². The number of hydrogen-bond acceptors (Lipinski definition) is 0. The molecule has 3 heteroatoms. The third-order valence-electron chi connectivity index (χ3n) is 3.82. The maximum atomic E-state index is 13.1. The predicted molar refractivity (Wildman–Crippen MR) is 74.5 cm³/mol. The Morgan fingerprint density at radius 1 is 1.22 bits per heavy atom. The van der Waals surface area contributed by atoms with Gasteiger partial charge in [0.05, 0.1) is 0 Å². The fourth-order valence-corrected chi connectivity index (χ4v) is 3.44. The maximum Gasteiger partial charge on any atom is 0.248 e. The number of aryl methyl sites for hydroxylation is 1. The van der Waals surface area contributed by atoms with E-state index >= 15 is 0 Å². The van der Waals surface area contributed by atoms with Gasteiger partial charge >= 0.3 is 0 Å². The Kier molecular flexibility index (Phi) is 4.41. The molecule has 1 aliphatic carbocycles. The van der Waals surface area contributed by atoms with Crippen LogP contribution in [0.15, 0.2) is 24.3 Å². The fraction of sp³-hybridized carbons (Fsp3) is 0.600. The topological polar surface area (TPSA) is 0 Å². The highest BCUT2D eigenvalue weighted by molar-refractivity contribution is 9.09. The van der Waals surface area contributed by atoms with Gasteiger partial charge in [-0.2, -0.15) is 0 Å². The largest absolute Gasteiger partial charge is 0.248 e. The third kappa shape index (κ3) is 3.78. The molecule has 1 aromatic rings. The van der Waals surface area contributed by atoms with Gasteiger partial charge in [0.25, 0.3) is 0 Å². The highest BCUT2D eigenvalue weighted by atomic mass is 79.9. The summed E-state index contributed by atoms with van der Waals surface area (Å²) in [6.07, 6.45) is 2.29. The Labute approximate surface area is 116 Å². The Balaban J connectivity index is 1.89. The molecule has 0 aliphatic heterocycles. The third-order valence-corrected chi connectivity index (χ3v) is 4.90. The molecule has 1 aromatic carbocycles. The van der Waals surface area contributed by atoms with Crippen LogP contribution in [0.4, 0.5) is 8.78 Å². The molecule has 100 valence electrons. The first kappa shape index (κ1) is 14.0. The zero-order chi connectivity index (χ0) is 13.2. The summed E-state index contributed by atoms with van der Waals surface area (Å²) in [6.45, 7) is 2.07. The second-order valence-corrected chi connectivity index (χ2v) is 6.58. The minimum atomic E-state index is -2.42. The van der Waals surface area contributed by atoms with Gasteiger partial charge in [0.15, 0.2) is 0 Å². The standard InChI is InChI=1S/C15H19BrF2/c1-11-2-4-12(5-3-11)10-14(16)13-6-8-15(17,18)9-7-13/h2-5,13-14H,6-10H2,1H3. The zero-order valence-corrected chi connectivity index (χ0v) is 12.2. The molecule has 1 saturated carbocycles. The van der Waals surface area contributed by atoms with E-state index in [0.29, 0.717) is 23.6 Å². The van der Waals surface area contributed by atoms with Gasteiger partial charge in [0.1, 0.15) is 0 Å². The van der Waals surface area contributed by atoms with E-state index in [1.165, 1.54) is 11.1 Å². The molecule has 0 amide bonds. The second-order valence-electron chi connectivity index (χ2n) is 5.40. The van der Waals surface area contributed by atoms with Crippen molar-refractivity contribution in [3.8, 4) is 0 Å². The Bertz CT molecular complexity index is 376. The van der Waals surface area contributed by atoms with Crippen molar-refractivity contribution in [2.45, 2.75) is 49.8 Å². The molecule has 0 saturated heterocycles. The van der Waals surface area contributed by atoms with Crippen LogP contribution >= 0.6 is 15.9 Å². The van der Waals surface area contributed by atoms with Crippen molar-refractivity contribution < 1.29 is 8.78 Å². The molecule has 0 aromatic heterocycles. The molecular weight excluding hydrogens is 298 g/mol. The molecule has 0 spiro atoms. The number of alkyl halides is 3. The highest BCUT2D eigenvalue weighted by Crippen LogP contribution is 2.39. The maximum absolute atomic E-state index is 13.1. The monoisotopic (exact) mass is 316 g/mol. The minimum absolute atomic E-state index is 0.0493. The summed E-state index contributed by atoms with van der Waals surface area (Å²) in [4.78, 5) is 0.316. The molecule has 0 radical (unpaired) electrons. The van der Waals surface area contributed by atoms with E-state index in [2.05, 4.69) is 47.1 Å². The number of benzene rings is 1. The normalized spacial score (nSPS) is 21.8. The van der Waals surface area contributed by atoms with Crippen LogP contribution in [-0.2, 0) is 6.42 Å². The average Bonchev–Trinajstić information content (AvgIpc) is 2.32. The smallest absolute Gasteiger partial charge is 0.207 e. The summed E-state index contributed by atoms with van der Waals surface area (Å²) in [5.41, 5.74) is 2.53. The van der Waals surface area contributed by atoms with E-state index in [9.17, 15) is 8.78 Å². The van der Waals surface area contributed by atoms with Gasteiger partial charge in [-0.25, -0.2) is 8.78 Å². The quantitative estimate of drug-likeness (QED) is 0.678. The van der Waals surface area contributed by atoms with E-state index in [1.54, 1.807) is 0 Å². The summed E-state index contributed by atoms with van der Waals surface area (Å²) >= 11 is 3.69. The minimum Gasteiger partial charge on any atom is -0.207 e. The van der Waals surface area contributed by atoms with Gasteiger partial charge in [-0.3, -0.25) is 0 Å². The predicted octanol–water partition coefficient (Wildman–Crippen LogP) is 5.13. The van der Waals surface area contributed by atoms with Crippen molar-refractivity contribution in [1.29, 1.82) is 0 Å². The van der Waals surface area contributed by atoms with E-state index in [0.717, 1.165) is 6.42 Å². The summed E-state index contributed by atoms with van der Waals surface area (Å²) in [7, 11) is 0. The first-order valence-corrected chi connectivity index (χ1v) is 7.45. The molecular formula is C15H19BrF2. The first-order valence-electron chi connectivity index (χ1n) is 6.54. The number of halogens is 3. The van der Waals surface area contributed by atoms with Crippen LogP contribution in [0.1, 0.15) is 36.8 Å². The SMILES string of the molecule is Cc1ccc(CC(Br)C2CCC(F)(F)CC2)cc1. The summed E-state index contributed by atoms with van der Waals surface area (Å²) in [5.74, 6) is -2.04. The molecule has 1 aliphatic rings. The van der Waals surface area contributed by atoms with Crippen molar-refractivity contribution in [2.75, 3.05) is 0 Å². The van der Waals surface area contributed by atoms with Crippen LogP contribution < -0.4 is 0 Å². The highest BCUT2D eigenvalue weighted by Gasteiger charge is 2.36. The van der Waals surface area contributed by atoms with Gasteiger partial charge in [0, 0.05) is 17.7 Å². The summed E-state index contributed by atoms with van der Waals surface area (Å²) < 4.78 is 26.2. The molecule has 2 rings (SSSR count). The van der Waals surface area contributed by atoms with Gasteiger partial charge in [-0.1, -0.05) is 45.8 Å².